The molecule has 0 aromatic heterocycles. The Bertz CT molecular complexity index is 261. The number of benzene rings is 1. The van der Waals surface area contributed by atoms with E-state index in [9.17, 15) is 0 Å². The molecule has 1 atom stereocenters. The predicted octanol–water partition coefficient (Wildman–Crippen LogP) is 4.19. The molecule has 0 aliphatic heterocycles. The van der Waals surface area contributed by atoms with Crippen molar-refractivity contribution in [2.75, 3.05) is 0 Å². The Morgan fingerprint density at radius 1 is 1.14 bits per heavy atom. The number of alkyl halides is 1. The Labute approximate surface area is 92.3 Å². The Morgan fingerprint density at radius 3 is 2.21 bits per heavy atom. The first-order valence-electron chi connectivity index (χ1n) is 5.29. The van der Waals surface area contributed by atoms with Gasteiger partial charge in [-0.05, 0) is 31.2 Å². The standard InChI is InChI=1S/C13H19Cl/c1-10(2)13(14)9-8-12-6-4-11(3)5-7-12/h4-7,10,13H,8-9H2,1-3H3. The third kappa shape index (κ3) is 3.71. The van der Waals surface area contributed by atoms with E-state index in [1.54, 1.807) is 0 Å². The molecule has 0 aliphatic rings. The highest BCUT2D eigenvalue weighted by Gasteiger charge is 2.08. The van der Waals surface area contributed by atoms with E-state index in [-0.39, 0.29) is 0 Å². The summed E-state index contributed by atoms with van der Waals surface area (Å²) in [6, 6.07) is 8.71. The number of aryl methyl sites for hydroxylation is 2. The van der Waals surface area contributed by atoms with Crippen LogP contribution >= 0.6 is 11.6 Å². The van der Waals surface area contributed by atoms with Crippen molar-refractivity contribution in [3.8, 4) is 0 Å². The highest BCUT2D eigenvalue weighted by atomic mass is 35.5. The average Bonchev–Trinajstić information content (AvgIpc) is 2.16. The minimum atomic E-state index is 0.302. The second kappa shape index (κ2) is 5.41. The Kier molecular flexibility index (Phi) is 4.47. The summed E-state index contributed by atoms with van der Waals surface area (Å²) < 4.78 is 0. The lowest BCUT2D eigenvalue weighted by atomic mass is 10.0. The van der Waals surface area contributed by atoms with Gasteiger partial charge >= 0.3 is 0 Å². The SMILES string of the molecule is Cc1ccc(CCC(Cl)C(C)C)cc1. The van der Waals surface area contributed by atoms with Crippen LogP contribution in [0.25, 0.3) is 0 Å². The fourth-order valence-electron chi connectivity index (χ4n) is 1.39. The summed E-state index contributed by atoms with van der Waals surface area (Å²) in [5, 5.41) is 0.302. The van der Waals surface area contributed by atoms with Crippen LogP contribution in [-0.2, 0) is 6.42 Å². The van der Waals surface area contributed by atoms with E-state index in [2.05, 4.69) is 45.0 Å². The molecule has 0 N–H and O–H groups in total. The molecule has 1 heteroatoms. The zero-order chi connectivity index (χ0) is 10.6. The van der Waals surface area contributed by atoms with Gasteiger partial charge in [0.05, 0.1) is 0 Å². The van der Waals surface area contributed by atoms with E-state index in [1.807, 2.05) is 0 Å². The maximum absolute atomic E-state index is 6.20. The summed E-state index contributed by atoms with van der Waals surface area (Å²) in [6.07, 6.45) is 2.16. The van der Waals surface area contributed by atoms with Crippen molar-refractivity contribution in [3.05, 3.63) is 35.4 Å². The summed E-state index contributed by atoms with van der Waals surface area (Å²) in [4.78, 5) is 0. The third-order valence-corrected chi connectivity index (χ3v) is 3.27. The molecule has 1 rings (SSSR count). The second-order valence-corrected chi connectivity index (χ2v) is 4.84. The van der Waals surface area contributed by atoms with Gasteiger partial charge in [-0.15, -0.1) is 11.6 Å². The number of halogens is 1. The smallest absolute Gasteiger partial charge is 0.0362 e. The zero-order valence-corrected chi connectivity index (χ0v) is 10.0. The molecule has 0 bridgehead atoms. The van der Waals surface area contributed by atoms with Crippen LogP contribution in [0.3, 0.4) is 0 Å². The molecule has 1 aromatic rings. The minimum absolute atomic E-state index is 0.302. The van der Waals surface area contributed by atoms with Gasteiger partial charge in [0.15, 0.2) is 0 Å². The lowest BCUT2D eigenvalue weighted by molar-refractivity contribution is 0.565. The van der Waals surface area contributed by atoms with Crippen molar-refractivity contribution in [3.63, 3.8) is 0 Å². The van der Waals surface area contributed by atoms with Gasteiger partial charge in [-0.1, -0.05) is 43.7 Å². The molecule has 0 saturated carbocycles. The van der Waals surface area contributed by atoms with Crippen molar-refractivity contribution in [1.29, 1.82) is 0 Å². The molecule has 78 valence electrons. The first-order chi connectivity index (χ1) is 6.59. The van der Waals surface area contributed by atoms with Crippen LogP contribution in [0.5, 0.6) is 0 Å². The molecule has 0 heterocycles. The van der Waals surface area contributed by atoms with Crippen LogP contribution < -0.4 is 0 Å². The Morgan fingerprint density at radius 2 is 1.71 bits per heavy atom. The molecule has 0 spiro atoms. The molecule has 0 saturated heterocycles. The van der Waals surface area contributed by atoms with Crippen LogP contribution in [0.4, 0.5) is 0 Å². The van der Waals surface area contributed by atoms with Crippen molar-refractivity contribution in [2.24, 2.45) is 5.92 Å². The molecule has 0 nitrogen and oxygen atoms in total. The predicted molar refractivity (Wildman–Crippen MR) is 64.0 cm³/mol. The number of hydrogen-bond acceptors (Lipinski definition) is 0. The minimum Gasteiger partial charge on any atom is -0.123 e. The first-order valence-corrected chi connectivity index (χ1v) is 5.73. The van der Waals surface area contributed by atoms with Crippen LogP contribution in [0.2, 0.25) is 0 Å². The van der Waals surface area contributed by atoms with Crippen molar-refractivity contribution >= 4 is 11.6 Å². The van der Waals surface area contributed by atoms with Crippen molar-refractivity contribution < 1.29 is 0 Å². The van der Waals surface area contributed by atoms with Crippen LogP contribution in [-0.4, -0.2) is 5.38 Å². The summed E-state index contributed by atoms with van der Waals surface area (Å²) in [7, 11) is 0. The van der Waals surface area contributed by atoms with Crippen LogP contribution in [0.15, 0.2) is 24.3 Å². The van der Waals surface area contributed by atoms with E-state index in [0.29, 0.717) is 11.3 Å². The van der Waals surface area contributed by atoms with Gasteiger partial charge in [-0.2, -0.15) is 0 Å². The maximum atomic E-state index is 6.20. The summed E-state index contributed by atoms with van der Waals surface area (Å²) in [6.45, 7) is 6.46. The van der Waals surface area contributed by atoms with Gasteiger partial charge in [0.1, 0.15) is 0 Å². The lowest BCUT2D eigenvalue weighted by Crippen LogP contribution is -2.08. The summed E-state index contributed by atoms with van der Waals surface area (Å²) in [5.74, 6) is 0.571. The van der Waals surface area contributed by atoms with Crippen LogP contribution in [0, 0.1) is 12.8 Å². The molecule has 0 aliphatic carbocycles. The molecule has 0 amide bonds. The van der Waals surface area contributed by atoms with E-state index in [4.69, 9.17) is 11.6 Å². The third-order valence-electron chi connectivity index (χ3n) is 2.55. The van der Waals surface area contributed by atoms with Crippen LogP contribution in [0.1, 0.15) is 31.4 Å². The van der Waals surface area contributed by atoms with Crippen molar-refractivity contribution in [1.82, 2.24) is 0 Å². The van der Waals surface area contributed by atoms with Gasteiger partial charge < -0.3 is 0 Å². The molecular formula is C13H19Cl. The fourth-order valence-corrected chi connectivity index (χ4v) is 1.50. The Balaban J connectivity index is 2.42. The molecule has 14 heavy (non-hydrogen) atoms. The van der Waals surface area contributed by atoms with E-state index < -0.39 is 0 Å². The number of hydrogen-bond donors (Lipinski definition) is 0. The number of rotatable bonds is 4. The molecule has 1 aromatic carbocycles. The summed E-state index contributed by atoms with van der Waals surface area (Å²) in [5.41, 5.74) is 2.71. The monoisotopic (exact) mass is 210 g/mol. The molecule has 1 unspecified atom stereocenters. The second-order valence-electron chi connectivity index (χ2n) is 4.28. The van der Waals surface area contributed by atoms with Gasteiger partial charge in [0.25, 0.3) is 0 Å². The Hall–Kier alpha value is -0.490. The lowest BCUT2D eigenvalue weighted by Gasteiger charge is -2.12. The van der Waals surface area contributed by atoms with Crippen molar-refractivity contribution in [2.45, 2.75) is 39.0 Å². The van der Waals surface area contributed by atoms with E-state index in [1.165, 1.54) is 11.1 Å². The normalized spacial score (nSPS) is 13.2. The maximum Gasteiger partial charge on any atom is 0.0362 e. The van der Waals surface area contributed by atoms with Gasteiger partial charge in [0, 0.05) is 5.38 Å². The molecule has 0 fully saturated rings. The van der Waals surface area contributed by atoms with Gasteiger partial charge in [-0.25, -0.2) is 0 Å². The fraction of sp³-hybridized carbons (Fsp3) is 0.538. The van der Waals surface area contributed by atoms with Gasteiger partial charge in [-0.3, -0.25) is 0 Å². The topological polar surface area (TPSA) is 0 Å². The van der Waals surface area contributed by atoms with Gasteiger partial charge in [0.2, 0.25) is 0 Å². The quantitative estimate of drug-likeness (QED) is 0.654. The molecular weight excluding hydrogens is 192 g/mol. The average molecular weight is 211 g/mol. The van der Waals surface area contributed by atoms with E-state index >= 15 is 0 Å². The molecule has 0 radical (unpaired) electrons. The highest BCUT2D eigenvalue weighted by molar-refractivity contribution is 6.20. The summed E-state index contributed by atoms with van der Waals surface area (Å²) >= 11 is 6.20. The largest absolute Gasteiger partial charge is 0.123 e. The highest BCUT2D eigenvalue weighted by Crippen LogP contribution is 2.16. The van der Waals surface area contributed by atoms with E-state index in [0.717, 1.165) is 12.8 Å². The zero-order valence-electron chi connectivity index (χ0n) is 9.26. The first kappa shape index (κ1) is 11.6.